The number of aromatic nitrogens is 4. The molecule has 0 unspecified atom stereocenters. The number of benzene rings is 2. The SMILES string of the molecule is Cc1cccc(Cl)c1-n1nnnc1-c1cccc(Cl)c1N. The van der Waals surface area contributed by atoms with E-state index in [1.165, 1.54) is 0 Å². The number of nitrogens with zero attached hydrogens (tertiary/aromatic N) is 4. The van der Waals surface area contributed by atoms with E-state index in [2.05, 4.69) is 15.5 Å². The highest BCUT2D eigenvalue weighted by molar-refractivity contribution is 6.33. The minimum Gasteiger partial charge on any atom is -0.397 e. The lowest BCUT2D eigenvalue weighted by atomic mass is 10.1. The molecule has 0 fully saturated rings. The molecule has 1 aromatic heterocycles. The molecule has 2 N–H and O–H groups in total. The van der Waals surface area contributed by atoms with E-state index in [0.29, 0.717) is 27.1 Å². The van der Waals surface area contributed by atoms with Crippen LogP contribution in [0.1, 0.15) is 5.56 Å². The molecule has 0 amide bonds. The van der Waals surface area contributed by atoms with Crippen molar-refractivity contribution in [3.8, 4) is 17.1 Å². The van der Waals surface area contributed by atoms with Crippen molar-refractivity contribution in [1.82, 2.24) is 20.2 Å². The first-order chi connectivity index (χ1) is 10.1. The normalized spacial score (nSPS) is 10.8. The van der Waals surface area contributed by atoms with Gasteiger partial charge < -0.3 is 5.73 Å². The fourth-order valence-corrected chi connectivity index (χ4v) is 2.61. The van der Waals surface area contributed by atoms with Gasteiger partial charge in [-0.1, -0.05) is 41.4 Å². The highest BCUT2D eigenvalue weighted by Crippen LogP contribution is 2.32. The van der Waals surface area contributed by atoms with Gasteiger partial charge in [0.15, 0.2) is 5.82 Å². The smallest absolute Gasteiger partial charge is 0.189 e. The first-order valence-electron chi connectivity index (χ1n) is 6.18. The second kappa shape index (κ2) is 5.35. The number of halogens is 2. The molecule has 0 spiro atoms. The van der Waals surface area contributed by atoms with Crippen LogP contribution in [0.4, 0.5) is 5.69 Å². The highest BCUT2D eigenvalue weighted by atomic mass is 35.5. The maximum Gasteiger partial charge on any atom is 0.189 e. The quantitative estimate of drug-likeness (QED) is 0.733. The van der Waals surface area contributed by atoms with E-state index in [0.717, 1.165) is 11.3 Å². The Kier molecular flexibility index (Phi) is 3.53. The average molecular weight is 320 g/mol. The molecule has 3 rings (SSSR count). The number of hydrogen-bond donors (Lipinski definition) is 1. The lowest BCUT2D eigenvalue weighted by Crippen LogP contribution is -2.04. The Hall–Kier alpha value is -2.11. The van der Waals surface area contributed by atoms with Gasteiger partial charge in [0, 0.05) is 5.56 Å². The standard InChI is InChI=1S/C14H11Cl2N5/c1-8-4-2-7-11(16)13(8)21-14(18-19-20-21)9-5-3-6-10(15)12(9)17/h2-7H,17H2,1H3. The van der Waals surface area contributed by atoms with Crippen LogP contribution < -0.4 is 5.73 Å². The summed E-state index contributed by atoms with van der Waals surface area (Å²) in [7, 11) is 0. The zero-order valence-corrected chi connectivity index (χ0v) is 12.6. The summed E-state index contributed by atoms with van der Waals surface area (Å²) in [6, 6.07) is 10.9. The predicted octanol–water partition coefficient (Wildman–Crippen LogP) is 3.53. The van der Waals surface area contributed by atoms with Crippen LogP contribution in [0.2, 0.25) is 10.0 Å². The zero-order valence-electron chi connectivity index (χ0n) is 11.1. The first-order valence-corrected chi connectivity index (χ1v) is 6.93. The molecule has 1 heterocycles. The molecule has 3 aromatic rings. The van der Waals surface area contributed by atoms with Gasteiger partial charge in [-0.2, -0.15) is 4.68 Å². The number of nitrogens with two attached hydrogens (primary N) is 1. The summed E-state index contributed by atoms with van der Waals surface area (Å²) in [4.78, 5) is 0. The van der Waals surface area contributed by atoms with Gasteiger partial charge in [0.2, 0.25) is 0 Å². The summed E-state index contributed by atoms with van der Waals surface area (Å²) in [5.41, 5.74) is 8.79. The minimum absolute atomic E-state index is 0.430. The fraction of sp³-hybridized carbons (Fsp3) is 0.0714. The summed E-state index contributed by atoms with van der Waals surface area (Å²) in [5.74, 6) is 0.492. The van der Waals surface area contributed by atoms with Crippen LogP contribution in [0.25, 0.3) is 17.1 Å². The molecule has 2 aromatic carbocycles. The Morgan fingerprint density at radius 3 is 2.52 bits per heavy atom. The van der Waals surface area contributed by atoms with Gasteiger partial charge in [0.05, 0.1) is 21.4 Å². The van der Waals surface area contributed by atoms with Crippen molar-refractivity contribution >= 4 is 28.9 Å². The maximum absolute atomic E-state index is 6.28. The second-order valence-electron chi connectivity index (χ2n) is 4.52. The van der Waals surface area contributed by atoms with Gasteiger partial charge in [0.25, 0.3) is 0 Å². The van der Waals surface area contributed by atoms with Crippen LogP contribution in [0.5, 0.6) is 0 Å². The van der Waals surface area contributed by atoms with E-state index in [1.54, 1.807) is 22.9 Å². The molecule has 106 valence electrons. The number of hydrogen-bond acceptors (Lipinski definition) is 4. The van der Waals surface area contributed by atoms with Crippen LogP contribution in [-0.4, -0.2) is 20.2 Å². The third kappa shape index (κ3) is 2.34. The third-order valence-electron chi connectivity index (χ3n) is 3.16. The summed E-state index contributed by atoms with van der Waals surface area (Å²) < 4.78 is 1.57. The van der Waals surface area contributed by atoms with Gasteiger partial charge in [-0.05, 0) is 41.1 Å². The van der Waals surface area contributed by atoms with E-state index < -0.39 is 0 Å². The monoisotopic (exact) mass is 319 g/mol. The molecule has 0 radical (unpaired) electrons. The van der Waals surface area contributed by atoms with Gasteiger partial charge >= 0.3 is 0 Å². The Labute approximate surface area is 131 Å². The molecule has 0 aliphatic carbocycles. The zero-order chi connectivity index (χ0) is 15.0. The Balaban J connectivity index is 2.25. The predicted molar refractivity (Wildman–Crippen MR) is 83.8 cm³/mol. The van der Waals surface area contributed by atoms with E-state index in [1.807, 2.05) is 25.1 Å². The lowest BCUT2D eigenvalue weighted by molar-refractivity contribution is 0.787. The minimum atomic E-state index is 0.430. The van der Waals surface area contributed by atoms with Crippen LogP contribution in [0, 0.1) is 6.92 Å². The van der Waals surface area contributed by atoms with Crippen LogP contribution in [0.3, 0.4) is 0 Å². The van der Waals surface area contributed by atoms with Crippen LogP contribution in [-0.2, 0) is 0 Å². The van der Waals surface area contributed by atoms with Crippen molar-refractivity contribution in [1.29, 1.82) is 0 Å². The molecule has 0 saturated heterocycles. The average Bonchev–Trinajstić information content (AvgIpc) is 2.91. The van der Waals surface area contributed by atoms with Gasteiger partial charge in [-0.3, -0.25) is 0 Å². The van der Waals surface area contributed by atoms with Gasteiger partial charge in [-0.15, -0.1) is 5.10 Å². The third-order valence-corrected chi connectivity index (χ3v) is 3.80. The van der Waals surface area contributed by atoms with Crippen molar-refractivity contribution in [2.24, 2.45) is 0 Å². The number of nitrogen functional groups attached to an aromatic ring is 1. The fourth-order valence-electron chi connectivity index (χ4n) is 2.13. The number of aryl methyl sites for hydroxylation is 1. The van der Waals surface area contributed by atoms with Crippen molar-refractivity contribution in [2.45, 2.75) is 6.92 Å². The maximum atomic E-state index is 6.28. The van der Waals surface area contributed by atoms with Crippen molar-refractivity contribution < 1.29 is 0 Å². The summed E-state index contributed by atoms with van der Waals surface area (Å²) in [6.45, 7) is 1.94. The Morgan fingerprint density at radius 1 is 1.05 bits per heavy atom. The topological polar surface area (TPSA) is 69.6 Å². The molecular formula is C14H11Cl2N5. The molecular weight excluding hydrogens is 309 g/mol. The second-order valence-corrected chi connectivity index (χ2v) is 5.34. The number of rotatable bonds is 2. The van der Waals surface area contributed by atoms with Crippen molar-refractivity contribution in [3.63, 3.8) is 0 Å². The molecule has 0 atom stereocenters. The molecule has 21 heavy (non-hydrogen) atoms. The Bertz CT molecular complexity index is 793. The molecule has 0 saturated carbocycles. The largest absolute Gasteiger partial charge is 0.397 e. The molecule has 7 heteroatoms. The molecule has 5 nitrogen and oxygen atoms in total. The van der Waals surface area contributed by atoms with Crippen molar-refractivity contribution in [3.05, 3.63) is 52.0 Å². The van der Waals surface area contributed by atoms with Crippen molar-refractivity contribution in [2.75, 3.05) is 5.73 Å². The van der Waals surface area contributed by atoms with Gasteiger partial charge in [-0.25, -0.2) is 0 Å². The summed E-state index contributed by atoms with van der Waals surface area (Å²) >= 11 is 12.3. The summed E-state index contributed by atoms with van der Waals surface area (Å²) in [6.07, 6.45) is 0. The lowest BCUT2D eigenvalue weighted by Gasteiger charge is -2.11. The van der Waals surface area contributed by atoms with Crippen LogP contribution >= 0.6 is 23.2 Å². The van der Waals surface area contributed by atoms with E-state index in [9.17, 15) is 0 Å². The highest BCUT2D eigenvalue weighted by Gasteiger charge is 2.17. The van der Waals surface area contributed by atoms with Crippen LogP contribution in [0.15, 0.2) is 36.4 Å². The number of tetrazole rings is 1. The Morgan fingerprint density at radius 2 is 1.76 bits per heavy atom. The van der Waals surface area contributed by atoms with Gasteiger partial charge in [0.1, 0.15) is 0 Å². The molecule has 0 aliphatic rings. The first kappa shape index (κ1) is 13.9. The van der Waals surface area contributed by atoms with E-state index >= 15 is 0 Å². The van der Waals surface area contributed by atoms with E-state index in [-0.39, 0.29) is 0 Å². The molecule has 0 aliphatic heterocycles. The van der Waals surface area contributed by atoms with E-state index in [4.69, 9.17) is 28.9 Å². The molecule has 0 bridgehead atoms. The number of anilines is 1. The summed E-state index contributed by atoms with van der Waals surface area (Å²) in [5, 5.41) is 12.8. The number of para-hydroxylation sites is 2.